The van der Waals surface area contributed by atoms with Gasteiger partial charge < -0.3 is 14.8 Å². The van der Waals surface area contributed by atoms with Crippen LogP contribution in [0, 0.1) is 0 Å². The molecule has 2 saturated heterocycles. The highest BCUT2D eigenvalue weighted by Crippen LogP contribution is 2.31. The molecule has 2 aromatic carbocycles. The Labute approximate surface area is 206 Å². The molecule has 2 unspecified atom stereocenters. The van der Waals surface area contributed by atoms with Crippen molar-refractivity contribution in [1.29, 1.82) is 0 Å². The maximum atomic E-state index is 13.0. The molecule has 2 fully saturated rings. The van der Waals surface area contributed by atoms with E-state index >= 15 is 0 Å². The lowest BCUT2D eigenvalue weighted by Gasteiger charge is -2.34. The lowest BCUT2D eigenvalue weighted by atomic mass is 10.0. The van der Waals surface area contributed by atoms with Gasteiger partial charge in [0.1, 0.15) is 0 Å². The highest BCUT2D eigenvalue weighted by atomic mass is 16.5. The molecule has 0 saturated carbocycles. The summed E-state index contributed by atoms with van der Waals surface area (Å²) >= 11 is 0. The smallest absolute Gasteiger partial charge is 0.337 e. The number of hydrogen-bond donors (Lipinski definition) is 1. The van der Waals surface area contributed by atoms with Crippen molar-refractivity contribution in [3.63, 3.8) is 0 Å². The van der Waals surface area contributed by atoms with Crippen LogP contribution in [-0.4, -0.2) is 73.6 Å². The fraction of sp³-hybridized carbons (Fsp3) is 0.444. The minimum absolute atomic E-state index is 0.173. The van der Waals surface area contributed by atoms with Gasteiger partial charge in [-0.25, -0.2) is 9.59 Å². The maximum Gasteiger partial charge on any atom is 0.337 e. The second kappa shape index (κ2) is 11.5. The highest BCUT2D eigenvalue weighted by molar-refractivity contribution is 5.99. The molecule has 8 nitrogen and oxygen atoms in total. The van der Waals surface area contributed by atoms with Gasteiger partial charge in [-0.3, -0.25) is 14.6 Å². The van der Waals surface area contributed by atoms with Gasteiger partial charge in [0.05, 0.1) is 31.9 Å². The predicted octanol–water partition coefficient (Wildman–Crippen LogP) is 3.33. The Balaban J connectivity index is 1.43. The Hall–Kier alpha value is -3.23. The zero-order valence-corrected chi connectivity index (χ0v) is 20.4. The van der Waals surface area contributed by atoms with Crippen LogP contribution in [0.15, 0.2) is 48.5 Å². The molecule has 4 rings (SSSR count). The first kappa shape index (κ1) is 24.9. The van der Waals surface area contributed by atoms with Crippen molar-refractivity contribution in [3.05, 3.63) is 65.2 Å². The van der Waals surface area contributed by atoms with E-state index in [4.69, 9.17) is 9.47 Å². The molecule has 1 N–H and O–H groups in total. The van der Waals surface area contributed by atoms with Crippen LogP contribution in [0.4, 0.5) is 5.69 Å². The molecule has 8 heteroatoms. The number of ether oxygens (including phenoxy) is 2. The largest absolute Gasteiger partial charge is 0.465 e. The molecule has 1 amide bonds. The summed E-state index contributed by atoms with van der Waals surface area (Å²) in [6, 6.07) is 15.7. The maximum absolute atomic E-state index is 13.0. The summed E-state index contributed by atoms with van der Waals surface area (Å²) in [6.45, 7) is 3.14. The first-order chi connectivity index (χ1) is 17.0. The van der Waals surface area contributed by atoms with Crippen molar-refractivity contribution in [2.75, 3.05) is 39.2 Å². The minimum Gasteiger partial charge on any atom is -0.465 e. The summed E-state index contributed by atoms with van der Waals surface area (Å²) in [5.41, 5.74) is 2.02. The fourth-order valence-corrected chi connectivity index (χ4v) is 5.34. The van der Waals surface area contributed by atoms with Crippen molar-refractivity contribution in [1.82, 2.24) is 9.80 Å². The van der Waals surface area contributed by atoms with E-state index in [1.165, 1.54) is 44.4 Å². The summed E-state index contributed by atoms with van der Waals surface area (Å²) < 4.78 is 9.56. The Morgan fingerprint density at radius 3 is 2.03 bits per heavy atom. The number of carbonyl (C=O) groups excluding carboxylic acids is 3. The molecule has 186 valence electrons. The van der Waals surface area contributed by atoms with E-state index < -0.39 is 11.9 Å². The summed E-state index contributed by atoms with van der Waals surface area (Å²) in [4.78, 5) is 41.9. The number of nitrogens with one attached hydrogen (secondary N) is 1. The van der Waals surface area contributed by atoms with Gasteiger partial charge in [0.2, 0.25) is 5.91 Å². The second-order valence-corrected chi connectivity index (χ2v) is 9.18. The SMILES string of the molecule is COC(=O)c1cc(NC(=O)CN2CCCC2C2CCCN2Cc2ccccc2)cc(C(=O)OC)c1. The van der Waals surface area contributed by atoms with Gasteiger partial charge in [-0.1, -0.05) is 30.3 Å². The van der Waals surface area contributed by atoms with Crippen LogP contribution < -0.4 is 5.32 Å². The molecule has 0 aliphatic carbocycles. The first-order valence-corrected chi connectivity index (χ1v) is 12.1. The number of rotatable bonds is 8. The normalized spacial score (nSPS) is 20.5. The number of likely N-dealkylation sites (tertiary alicyclic amines) is 2. The molecule has 2 aromatic rings. The number of carbonyl (C=O) groups is 3. The number of amides is 1. The van der Waals surface area contributed by atoms with Gasteiger partial charge in [0.15, 0.2) is 0 Å². The van der Waals surface area contributed by atoms with Crippen molar-refractivity contribution in [2.45, 2.75) is 44.3 Å². The topological polar surface area (TPSA) is 88.2 Å². The van der Waals surface area contributed by atoms with E-state index in [0.29, 0.717) is 17.8 Å². The first-order valence-electron chi connectivity index (χ1n) is 12.1. The number of anilines is 1. The molecule has 0 spiro atoms. The van der Waals surface area contributed by atoms with E-state index in [-0.39, 0.29) is 23.6 Å². The quantitative estimate of drug-likeness (QED) is 0.581. The number of benzene rings is 2. The fourth-order valence-electron chi connectivity index (χ4n) is 5.34. The molecule has 0 bridgehead atoms. The molecule has 2 heterocycles. The van der Waals surface area contributed by atoms with Gasteiger partial charge in [-0.15, -0.1) is 0 Å². The predicted molar refractivity (Wildman–Crippen MR) is 132 cm³/mol. The Morgan fingerprint density at radius 1 is 0.857 bits per heavy atom. The number of nitrogens with zero attached hydrogens (tertiary/aromatic N) is 2. The molecular weight excluding hydrogens is 446 g/mol. The molecule has 2 aliphatic heterocycles. The molecule has 35 heavy (non-hydrogen) atoms. The highest BCUT2D eigenvalue weighted by Gasteiger charge is 2.38. The standard InChI is InChI=1S/C27H33N3O5/c1-34-26(32)20-14-21(27(33)35-2)16-22(15-20)28-25(31)18-30-13-7-11-24(30)23-10-6-12-29(23)17-19-8-4-3-5-9-19/h3-5,8-9,14-16,23-24H,6-7,10-13,17-18H2,1-2H3,(H,28,31). The Morgan fingerprint density at radius 2 is 1.43 bits per heavy atom. The zero-order chi connectivity index (χ0) is 24.8. The summed E-state index contributed by atoms with van der Waals surface area (Å²) in [6.07, 6.45) is 4.45. The Kier molecular flexibility index (Phi) is 8.15. The van der Waals surface area contributed by atoms with Crippen LogP contribution in [0.3, 0.4) is 0 Å². The number of methoxy groups -OCH3 is 2. The lowest BCUT2D eigenvalue weighted by molar-refractivity contribution is -0.117. The van der Waals surface area contributed by atoms with Gasteiger partial charge in [-0.2, -0.15) is 0 Å². The van der Waals surface area contributed by atoms with Gasteiger partial charge in [-0.05, 0) is 62.5 Å². The summed E-state index contributed by atoms with van der Waals surface area (Å²) in [5.74, 6) is -1.36. The molecular formula is C27H33N3O5. The zero-order valence-electron chi connectivity index (χ0n) is 20.4. The van der Waals surface area contributed by atoms with E-state index in [1.807, 2.05) is 6.07 Å². The third-order valence-electron chi connectivity index (χ3n) is 6.91. The van der Waals surface area contributed by atoms with E-state index in [2.05, 4.69) is 39.4 Å². The Bertz CT molecular complexity index is 1020. The van der Waals surface area contributed by atoms with Gasteiger partial charge in [0.25, 0.3) is 0 Å². The van der Waals surface area contributed by atoms with Crippen LogP contribution >= 0.6 is 0 Å². The number of esters is 2. The summed E-state index contributed by atoms with van der Waals surface area (Å²) in [7, 11) is 2.53. The van der Waals surface area contributed by atoms with E-state index in [1.54, 1.807) is 0 Å². The van der Waals surface area contributed by atoms with Gasteiger partial charge in [0, 0.05) is 24.3 Å². The van der Waals surface area contributed by atoms with Crippen molar-refractivity contribution < 1.29 is 23.9 Å². The molecule has 0 radical (unpaired) electrons. The average Bonchev–Trinajstić information content (AvgIpc) is 3.52. The van der Waals surface area contributed by atoms with Crippen molar-refractivity contribution in [3.8, 4) is 0 Å². The molecule has 2 aliphatic rings. The lowest BCUT2D eigenvalue weighted by Crippen LogP contribution is -2.48. The van der Waals surface area contributed by atoms with E-state index in [9.17, 15) is 14.4 Å². The van der Waals surface area contributed by atoms with Crippen molar-refractivity contribution >= 4 is 23.5 Å². The van der Waals surface area contributed by atoms with Crippen molar-refractivity contribution in [2.24, 2.45) is 0 Å². The van der Waals surface area contributed by atoms with Crippen LogP contribution in [-0.2, 0) is 20.8 Å². The van der Waals surface area contributed by atoms with E-state index in [0.717, 1.165) is 38.9 Å². The minimum atomic E-state index is -0.592. The third kappa shape index (κ3) is 6.07. The monoisotopic (exact) mass is 479 g/mol. The van der Waals surface area contributed by atoms with Crippen LogP contribution in [0.2, 0.25) is 0 Å². The number of hydrogen-bond acceptors (Lipinski definition) is 7. The molecule has 2 atom stereocenters. The van der Waals surface area contributed by atoms with Crippen LogP contribution in [0.1, 0.15) is 52.0 Å². The van der Waals surface area contributed by atoms with Crippen LogP contribution in [0.25, 0.3) is 0 Å². The second-order valence-electron chi connectivity index (χ2n) is 9.18. The average molecular weight is 480 g/mol. The van der Waals surface area contributed by atoms with Gasteiger partial charge >= 0.3 is 11.9 Å². The third-order valence-corrected chi connectivity index (χ3v) is 6.91. The summed E-state index contributed by atoms with van der Waals surface area (Å²) in [5, 5.41) is 2.86. The van der Waals surface area contributed by atoms with Crippen LogP contribution in [0.5, 0.6) is 0 Å². The molecule has 0 aromatic heterocycles.